The molecule has 54 heavy (non-hydrogen) atoms. The van der Waals surface area contributed by atoms with E-state index in [-0.39, 0.29) is 0 Å². The van der Waals surface area contributed by atoms with Crippen LogP contribution in [0.2, 0.25) is 0 Å². The van der Waals surface area contributed by atoms with E-state index in [9.17, 15) is 0 Å². The van der Waals surface area contributed by atoms with Gasteiger partial charge in [-0.15, -0.1) is 0 Å². The van der Waals surface area contributed by atoms with Gasteiger partial charge in [0.2, 0.25) is 0 Å². The highest BCUT2D eigenvalue weighted by Gasteiger charge is 2.14. The summed E-state index contributed by atoms with van der Waals surface area (Å²) in [5.41, 5.74) is 14.0. The van der Waals surface area contributed by atoms with Crippen molar-refractivity contribution in [3.63, 3.8) is 0 Å². The molecule has 2 heterocycles. The molecule has 2 heteroatoms. The lowest BCUT2D eigenvalue weighted by Gasteiger charge is -2.14. The van der Waals surface area contributed by atoms with Gasteiger partial charge in [-0.25, -0.2) is 9.97 Å². The lowest BCUT2D eigenvalue weighted by molar-refractivity contribution is 1.32. The van der Waals surface area contributed by atoms with Crippen LogP contribution in [-0.4, -0.2) is 9.97 Å². The van der Waals surface area contributed by atoms with Crippen molar-refractivity contribution in [2.75, 3.05) is 0 Å². The topological polar surface area (TPSA) is 25.8 Å². The molecule has 0 saturated carbocycles. The summed E-state index contributed by atoms with van der Waals surface area (Å²) < 4.78 is 0. The lowest BCUT2D eigenvalue weighted by Crippen LogP contribution is -1.93. The Morgan fingerprint density at radius 1 is 0.241 bits per heavy atom. The van der Waals surface area contributed by atoms with Crippen LogP contribution in [0.1, 0.15) is 0 Å². The van der Waals surface area contributed by atoms with E-state index in [1.165, 1.54) is 38.2 Å². The van der Waals surface area contributed by atoms with E-state index >= 15 is 0 Å². The Bertz CT molecular complexity index is 2910. The van der Waals surface area contributed by atoms with Crippen LogP contribution in [0.15, 0.2) is 206 Å². The number of pyridine rings is 2. The number of fused-ring (bicyclic) bond motifs is 3. The molecule has 0 N–H and O–H groups in total. The zero-order valence-corrected chi connectivity index (χ0v) is 29.5. The van der Waals surface area contributed by atoms with Gasteiger partial charge in [-0.1, -0.05) is 164 Å². The molecular weight excluding hydrogens is 653 g/mol. The van der Waals surface area contributed by atoms with Crippen LogP contribution in [0, 0.1) is 0 Å². The summed E-state index contributed by atoms with van der Waals surface area (Å²) in [6.07, 6.45) is 0. The number of aromatic nitrogens is 2. The van der Waals surface area contributed by atoms with Gasteiger partial charge in [-0.05, 0) is 97.4 Å². The van der Waals surface area contributed by atoms with Gasteiger partial charge < -0.3 is 0 Å². The highest BCUT2D eigenvalue weighted by atomic mass is 14.7. The molecule has 0 atom stereocenters. The van der Waals surface area contributed by atoms with Crippen molar-refractivity contribution < 1.29 is 0 Å². The minimum absolute atomic E-state index is 0.941. The van der Waals surface area contributed by atoms with Crippen LogP contribution in [-0.2, 0) is 0 Å². The highest BCUT2D eigenvalue weighted by molar-refractivity contribution is 6.00. The lowest BCUT2D eigenvalue weighted by atomic mass is 9.93. The van der Waals surface area contributed by atoms with Crippen molar-refractivity contribution in [3.05, 3.63) is 206 Å². The third-order valence-corrected chi connectivity index (χ3v) is 10.4. The Balaban J connectivity index is 1.11. The maximum absolute atomic E-state index is 5.26. The predicted molar refractivity (Wildman–Crippen MR) is 227 cm³/mol. The summed E-state index contributed by atoms with van der Waals surface area (Å²) in [6, 6.07) is 73.5. The van der Waals surface area contributed by atoms with E-state index in [0.29, 0.717) is 0 Å². The molecule has 0 unspecified atom stereocenters. The van der Waals surface area contributed by atoms with E-state index < -0.39 is 0 Å². The minimum atomic E-state index is 0.941. The third kappa shape index (κ3) is 6.00. The summed E-state index contributed by atoms with van der Waals surface area (Å²) in [5, 5.41) is 6.02. The van der Waals surface area contributed by atoms with Gasteiger partial charge in [0, 0.05) is 22.1 Å². The molecule has 0 fully saturated rings. The van der Waals surface area contributed by atoms with Gasteiger partial charge in [0.1, 0.15) is 0 Å². The van der Waals surface area contributed by atoms with Crippen LogP contribution in [0.5, 0.6) is 0 Å². The van der Waals surface area contributed by atoms with Gasteiger partial charge >= 0.3 is 0 Å². The molecule has 0 spiro atoms. The maximum atomic E-state index is 5.26. The van der Waals surface area contributed by atoms with Crippen molar-refractivity contribution in [2.45, 2.75) is 0 Å². The monoisotopic (exact) mass is 686 g/mol. The van der Waals surface area contributed by atoms with Crippen LogP contribution in [0.25, 0.3) is 99.6 Å². The predicted octanol–water partition coefficient (Wildman–Crippen LogP) is 13.9. The first-order valence-electron chi connectivity index (χ1n) is 18.4. The average Bonchev–Trinajstić information content (AvgIpc) is 3.26. The number of hydrogen-bond acceptors (Lipinski definition) is 2. The molecule has 0 aliphatic heterocycles. The summed E-state index contributed by atoms with van der Waals surface area (Å²) in [7, 11) is 0. The van der Waals surface area contributed by atoms with Gasteiger partial charge in [0.25, 0.3) is 0 Å². The number of benzene rings is 8. The van der Waals surface area contributed by atoms with E-state index in [4.69, 9.17) is 9.97 Å². The van der Waals surface area contributed by atoms with Crippen molar-refractivity contribution in [2.24, 2.45) is 0 Å². The van der Waals surface area contributed by atoms with E-state index in [1.807, 2.05) is 6.07 Å². The van der Waals surface area contributed by atoms with Crippen LogP contribution in [0.4, 0.5) is 0 Å². The van der Waals surface area contributed by atoms with Crippen molar-refractivity contribution in [1.82, 2.24) is 9.97 Å². The smallest absolute Gasteiger partial charge is 0.0716 e. The second-order valence-electron chi connectivity index (χ2n) is 13.8. The van der Waals surface area contributed by atoms with E-state index in [1.54, 1.807) is 0 Å². The van der Waals surface area contributed by atoms with Gasteiger partial charge in [0.15, 0.2) is 0 Å². The summed E-state index contributed by atoms with van der Waals surface area (Å²) in [5.74, 6) is 0. The number of nitrogens with zero attached hydrogens (tertiary/aromatic N) is 2. The maximum Gasteiger partial charge on any atom is 0.0716 e. The normalized spacial score (nSPS) is 11.3. The molecular formula is C52H34N2. The Labute approximate surface area is 314 Å². The van der Waals surface area contributed by atoms with Gasteiger partial charge in [-0.3, -0.25) is 0 Å². The summed E-state index contributed by atoms with van der Waals surface area (Å²) >= 11 is 0. The molecule has 0 saturated heterocycles. The quantitative estimate of drug-likeness (QED) is 0.174. The minimum Gasteiger partial charge on any atom is -0.248 e. The molecule has 10 rings (SSSR count). The second kappa shape index (κ2) is 13.4. The molecule has 252 valence electrons. The zero-order chi connectivity index (χ0) is 35.8. The SMILES string of the molecule is c1ccc(-c2cc(-c3ccccc3)nc(-c3ccc(-c4cc(-c5ccc6ccccc6c5)nc5ccc(-c6ccc7ccccc7c6)cc45)cc3)c2)cc1. The van der Waals surface area contributed by atoms with Crippen LogP contribution in [0.3, 0.4) is 0 Å². The molecule has 0 aliphatic rings. The van der Waals surface area contributed by atoms with Crippen molar-refractivity contribution >= 4 is 32.4 Å². The fourth-order valence-corrected chi connectivity index (χ4v) is 7.56. The van der Waals surface area contributed by atoms with Gasteiger partial charge in [0.05, 0.1) is 22.6 Å². The fourth-order valence-electron chi connectivity index (χ4n) is 7.56. The van der Waals surface area contributed by atoms with E-state index in [0.717, 1.165) is 61.4 Å². The summed E-state index contributed by atoms with van der Waals surface area (Å²) in [4.78, 5) is 10.4. The molecule has 0 bridgehead atoms. The third-order valence-electron chi connectivity index (χ3n) is 10.4. The number of hydrogen-bond donors (Lipinski definition) is 0. The molecule has 10 aromatic rings. The van der Waals surface area contributed by atoms with E-state index in [2.05, 4.69) is 200 Å². The van der Waals surface area contributed by atoms with Crippen molar-refractivity contribution in [1.29, 1.82) is 0 Å². The molecule has 2 nitrogen and oxygen atoms in total. The first kappa shape index (κ1) is 31.6. The standard InChI is InChI=1S/C52H34N2/c1-3-11-35(12-4-1)46-32-50(39-15-5-2-6-16-39)54-51(33-46)40-23-21-38(22-24-40)47-34-52(45-26-20-37-14-8-10-18-42(37)30-45)53-49-28-27-44(31-48(47)49)43-25-19-36-13-7-9-17-41(36)29-43/h1-34H. The number of rotatable bonds is 6. The Kier molecular flexibility index (Phi) is 7.85. The highest BCUT2D eigenvalue weighted by Crippen LogP contribution is 2.37. The molecule has 8 aromatic carbocycles. The van der Waals surface area contributed by atoms with Crippen LogP contribution >= 0.6 is 0 Å². The first-order valence-corrected chi connectivity index (χ1v) is 18.4. The Morgan fingerprint density at radius 3 is 1.37 bits per heavy atom. The molecule has 2 aromatic heterocycles. The molecule has 0 radical (unpaired) electrons. The van der Waals surface area contributed by atoms with Crippen molar-refractivity contribution in [3.8, 4) is 67.2 Å². The zero-order valence-electron chi connectivity index (χ0n) is 29.5. The largest absolute Gasteiger partial charge is 0.248 e. The average molecular weight is 687 g/mol. The summed E-state index contributed by atoms with van der Waals surface area (Å²) in [6.45, 7) is 0. The molecule has 0 amide bonds. The van der Waals surface area contributed by atoms with Crippen LogP contribution < -0.4 is 0 Å². The fraction of sp³-hybridized carbons (Fsp3) is 0. The Hall–Kier alpha value is -7.16. The Morgan fingerprint density at radius 2 is 0.704 bits per heavy atom. The van der Waals surface area contributed by atoms with Gasteiger partial charge in [-0.2, -0.15) is 0 Å². The first-order chi connectivity index (χ1) is 26.7. The molecule has 0 aliphatic carbocycles. The second-order valence-corrected chi connectivity index (χ2v) is 13.8.